The first-order chi connectivity index (χ1) is 34.6. The second-order valence-electron chi connectivity index (χ2n) is 18.3. The van der Waals surface area contributed by atoms with Crippen molar-refractivity contribution in [3.05, 3.63) is 67.2 Å². The topological polar surface area (TPSA) is 413 Å². The van der Waals surface area contributed by atoms with Crippen LogP contribution in [0.25, 0.3) is 31.3 Å². The molecule has 25 atom stereocenters. The minimum absolute atomic E-state index is 0.0397. The van der Waals surface area contributed by atoms with Gasteiger partial charge >= 0.3 is 5.97 Å². The number of aliphatic hydroxyl groups excluding tert-OH is 5. The van der Waals surface area contributed by atoms with Gasteiger partial charge in [-0.25, -0.2) is 4.79 Å². The lowest BCUT2D eigenvalue weighted by molar-refractivity contribution is -0.390. The van der Waals surface area contributed by atoms with E-state index in [0.717, 1.165) is 0 Å². The lowest BCUT2D eigenvalue weighted by atomic mass is 9.82. The second kappa shape index (κ2) is 26.1. The first kappa shape index (κ1) is 56.7. The fourth-order valence-electron chi connectivity index (χ4n) is 9.79. The largest absolute Gasteiger partial charge is 0.479 e. The molecule has 0 amide bonds. The molecular weight excluding hydrogens is 963 g/mol. The molecule has 5 aliphatic rings. The number of carboxylic acid groups (broad SMARTS) is 1. The number of carbonyl (C=O) groups excluding carboxylic acids is 1. The minimum atomic E-state index is -1.93. The van der Waals surface area contributed by atoms with E-state index in [-0.39, 0.29) is 31.5 Å². The molecule has 29 nitrogen and oxygen atoms in total. The maximum Gasteiger partial charge on any atom is 0.335 e. The summed E-state index contributed by atoms with van der Waals surface area (Å²) in [4.78, 5) is 33.6. The Labute approximate surface area is 412 Å². The van der Waals surface area contributed by atoms with Crippen LogP contribution in [-0.2, 0) is 73.0 Å². The van der Waals surface area contributed by atoms with Crippen LogP contribution in [-0.4, -0.2) is 193 Å². The molecule has 5 saturated heterocycles. The molecule has 0 aromatic heterocycles. The summed E-state index contributed by atoms with van der Waals surface area (Å²) in [6.07, 6.45) is -24.7. The van der Waals surface area contributed by atoms with Crippen molar-refractivity contribution < 1.29 is 97.1 Å². The Morgan fingerprint density at radius 2 is 1.14 bits per heavy atom. The second-order valence-corrected chi connectivity index (χ2v) is 18.3. The molecule has 1 aromatic carbocycles. The lowest BCUT2D eigenvalue weighted by Crippen LogP contribution is -2.66. The SMILES string of the molecule is CO[C@H]1OC(CO)[C@@H](O[C@@H]2OC(C(=O)O)[C@@H](O[C@H]3OC(CO)[C@@H](O[C@@H]4OC(OC=O)[C@@H](O[C@@H]5OC(CO)[C@@H](C)[C@H](C)C5N=[N+]=[N-])[C@H](C)C4OCc4ccccc4)[C@H](O)C3N=[N+]=[N-])[C@H](C)C2O)[C@H](C)C1N=[N+]=[N-]. The van der Waals surface area contributed by atoms with Crippen LogP contribution in [0.5, 0.6) is 0 Å². The van der Waals surface area contributed by atoms with Crippen molar-refractivity contribution >= 4 is 12.4 Å². The van der Waals surface area contributed by atoms with Crippen molar-refractivity contribution in [1.29, 1.82) is 0 Å². The Kier molecular flexibility index (Phi) is 20.6. The molecule has 5 aliphatic heterocycles. The molecule has 6 rings (SSSR count). The zero-order valence-corrected chi connectivity index (χ0v) is 40.1. The van der Waals surface area contributed by atoms with Crippen LogP contribution in [0.2, 0.25) is 0 Å². The van der Waals surface area contributed by atoms with Crippen LogP contribution in [0.4, 0.5) is 0 Å². The fraction of sp³-hybridized carbons (Fsp3) is 0.814. The smallest absolute Gasteiger partial charge is 0.335 e. The number of hydrogen-bond donors (Lipinski definition) is 6. The highest BCUT2D eigenvalue weighted by atomic mass is 16.8. The number of ether oxygens (including phenoxy) is 12. The molecule has 0 spiro atoms. The van der Waals surface area contributed by atoms with E-state index in [1.54, 1.807) is 44.2 Å². The first-order valence-corrected chi connectivity index (χ1v) is 23.3. The van der Waals surface area contributed by atoms with E-state index in [4.69, 9.17) is 56.8 Å². The number of aliphatic carboxylic acids is 1. The van der Waals surface area contributed by atoms with Crippen molar-refractivity contribution in [1.82, 2.24) is 0 Å². The van der Waals surface area contributed by atoms with E-state index in [9.17, 15) is 56.8 Å². The average molecular weight is 1030 g/mol. The number of carbonyl (C=O) groups is 2. The van der Waals surface area contributed by atoms with Crippen LogP contribution in [0.3, 0.4) is 0 Å². The molecule has 6 N–H and O–H groups in total. The van der Waals surface area contributed by atoms with E-state index < -0.39 is 160 Å². The van der Waals surface area contributed by atoms with Gasteiger partial charge in [-0.15, -0.1) is 0 Å². The third-order valence-electron chi connectivity index (χ3n) is 14.2. The highest BCUT2D eigenvalue weighted by Crippen LogP contribution is 2.41. The summed E-state index contributed by atoms with van der Waals surface area (Å²) in [6.45, 7) is 6.49. The zero-order chi connectivity index (χ0) is 52.4. The molecule has 10 unspecified atom stereocenters. The Morgan fingerprint density at radius 3 is 1.74 bits per heavy atom. The number of hydrogen-bond acceptors (Lipinski definition) is 22. The molecule has 0 bridgehead atoms. The number of azide groups is 3. The van der Waals surface area contributed by atoms with Gasteiger partial charge in [0.25, 0.3) is 6.47 Å². The Hall–Kier alpha value is -4.55. The van der Waals surface area contributed by atoms with Crippen LogP contribution >= 0.6 is 0 Å². The third kappa shape index (κ3) is 12.3. The van der Waals surface area contributed by atoms with E-state index in [1.165, 1.54) is 14.0 Å². The minimum Gasteiger partial charge on any atom is -0.479 e. The van der Waals surface area contributed by atoms with E-state index in [1.807, 2.05) is 13.8 Å². The quantitative estimate of drug-likeness (QED) is 0.0440. The summed E-state index contributed by atoms with van der Waals surface area (Å²) in [6, 6.07) is 5.33. The summed E-state index contributed by atoms with van der Waals surface area (Å²) in [5.74, 6) is -4.96. The van der Waals surface area contributed by atoms with Gasteiger partial charge in [0, 0.05) is 33.7 Å². The molecule has 72 heavy (non-hydrogen) atoms. The molecule has 5 heterocycles. The van der Waals surface area contributed by atoms with Gasteiger partial charge in [0.1, 0.15) is 48.8 Å². The molecule has 0 saturated carbocycles. The maximum absolute atomic E-state index is 12.9. The number of benzene rings is 1. The Morgan fingerprint density at radius 1 is 0.597 bits per heavy atom. The van der Waals surface area contributed by atoms with Gasteiger partial charge in [-0.2, -0.15) is 0 Å². The van der Waals surface area contributed by atoms with Gasteiger partial charge in [-0.3, -0.25) is 4.79 Å². The van der Waals surface area contributed by atoms with Gasteiger partial charge in [-0.05, 0) is 39.9 Å². The van der Waals surface area contributed by atoms with Crippen LogP contribution in [0.1, 0.15) is 40.2 Å². The van der Waals surface area contributed by atoms with Crippen molar-refractivity contribution in [2.45, 2.75) is 164 Å². The van der Waals surface area contributed by atoms with E-state index in [0.29, 0.717) is 5.56 Å². The normalized spacial score (nSPS) is 43.2. The van der Waals surface area contributed by atoms with Gasteiger partial charge < -0.3 is 87.5 Å². The van der Waals surface area contributed by atoms with Crippen molar-refractivity contribution in [2.75, 3.05) is 26.9 Å². The first-order valence-electron chi connectivity index (χ1n) is 23.3. The summed E-state index contributed by atoms with van der Waals surface area (Å²) in [5.41, 5.74) is 29.1. The van der Waals surface area contributed by atoms with Gasteiger partial charge in [-0.1, -0.05) is 80.3 Å². The number of carboxylic acids is 1. The number of methoxy groups -OCH3 is 1. The summed E-state index contributed by atoms with van der Waals surface area (Å²) in [7, 11) is 1.31. The molecule has 1 aromatic rings. The Balaban J connectivity index is 1.24. The van der Waals surface area contributed by atoms with Gasteiger partial charge in [0.15, 0.2) is 37.6 Å². The maximum atomic E-state index is 12.9. The number of nitrogens with zero attached hydrogens (tertiary/aromatic N) is 9. The predicted molar refractivity (Wildman–Crippen MR) is 238 cm³/mol. The monoisotopic (exact) mass is 1030 g/mol. The van der Waals surface area contributed by atoms with E-state index in [2.05, 4.69) is 30.1 Å². The van der Waals surface area contributed by atoms with Crippen LogP contribution in [0.15, 0.2) is 45.7 Å². The van der Waals surface area contributed by atoms with Crippen molar-refractivity contribution in [3.8, 4) is 0 Å². The van der Waals surface area contributed by atoms with Crippen LogP contribution in [0, 0.1) is 29.6 Å². The number of aliphatic hydroxyl groups is 5. The highest BCUT2D eigenvalue weighted by Gasteiger charge is 2.57. The zero-order valence-electron chi connectivity index (χ0n) is 40.1. The van der Waals surface area contributed by atoms with Crippen molar-refractivity contribution in [3.63, 3.8) is 0 Å². The third-order valence-corrected chi connectivity index (χ3v) is 14.2. The Bertz CT molecular complexity index is 2070. The van der Waals surface area contributed by atoms with E-state index >= 15 is 0 Å². The molecule has 0 aliphatic carbocycles. The standard InChI is InChI=1S/C43H63N9O20/c1-17-18(2)26(47-50-44)39(64-23(17)12-53)69-34-21(5)33(62-15-22-10-8-7-9-11-22)43(72-42(34)63-16-56)70-35-25(14-55)66-40(28(30(35)58)49-52-46)68-32-20(4)29(57)41(71-36(32)37(59)60)67-31-19(3)27(48-51-45)38(61-6)65-24(31)13-54/h7-11,16-21,23-36,38-43,53-55,57-58H,12-15H2,1-6H3,(H,59,60)/t17-,18-,19+,20+,21+,23?,24?,25?,26?,27?,28?,29?,30+,31-,32-,33?,34-,35+,36?,38-,39-,40+,41+,42?,43+/m0/s1. The fourth-order valence-corrected chi connectivity index (χ4v) is 9.79. The van der Waals surface area contributed by atoms with Crippen molar-refractivity contribution in [2.24, 2.45) is 44.9 Å². The highest BCUT2D eigenvalue weighted by molar-refractivity contribution is 5.73. The predicted octanol–water partition coefficient (Wildman–Crippen LogP) is 1.51. The molecule has 400 valence electrons. The summed E-state index contributed by atoms with van der Waals surface area (Å²) in [5, 5.41) is 76.5. The summed E-state index contributed by atoms with van der Waals surface area (Å²) < 4.78 is 72.1. The number of rotatable bonds is 21. The molecular formula is C43H63N9O20. The summed E-state index contributed by atoms with van der Waals surface area (Å²) >= 11 is 0. The lowest BCUT2D eigenvalue weighted by Gasteiger charge is -2.50. The molecule has 29 heteroatoms. The molecule has 5 fully saturated rings. The van der Waals surface area contributed by atoms with Gasteiger partial charge in [0.05, 0.1) is 56.8 Å². The van der Waals surface area contributed by atoms with Gasteiger partial charge in [0.2, 0.25) is 6.29 Å². The van der Waals surface area contributed by atoms with Crippen LogP contribution < -0.4 is 0 Å². The average Bonchev–Trinajstić information content (AvgIpc) is 3.37. The molecule has 0 radical (unpaired) electrons.